The Morgan fingerprint density at radius 3 is 1.89 bits per heavy atom. The Balaban J connectivity index is 1.74. The number of carbonyl (C=O) groups excluding carboxylic acids is 1. The van der Waals surface area contributed by atoms with Crippen LogP contribution in [0.3, 0.4) is 0 Å². The summed E-state index contributed by atoms with van der Waals surface area (Å²) in [5, 5.41) is 0. The number of rotatable bonds is 11. The van der Waals surface area contributed by atoms with E-state index in [4.69, 9.17) is 14.2 Å². The summed E-state index contributed by atoms with van der Waals surface area (Å²) < 4.78 is 73.8. The summed E-state index contributed by atoms with van der Waals surface area (Å²) in [6.07, 6.45) is 4.30. The minimum absolute atomic E-state index is 0.0548. The molecule has 0 amide bonds. The van der Waals surface area contributed by atoms with E-state index in [-0.39, 0.29) is 23.5 Å². The molecule has 0 saturated carbocycles. The van der Waals surface area contributed by atoms with Gasteiger partial charge in [0.05, 0.1) is 24.8 Å². The van der Waals surface area contributed by atoms with Crippen LogP contribution in [0.4, 0.5) is 17.6 Å². The number of methoxy groups -OCH3 is 1. The van der Waals surface area contributed by atoms with Gasteiger partial charge in [-0.2, -0.15) is 8.78 Å². The average Bonchev–Trinajstić information content (AvgIpc) is 2.87. The highest BCUT2D eigenvalue weighted by Gasteiger charge is 2.27. The standard InChI is InChI=1S/C27H26F4O4/c1-3-4-5-6-7-16-34-26-24(30)22(28)21(23(29)25(26)31)17-8-10-18(11-9-17)27(32)35-20-14-12-19(33-2)13-15-20/h8-15H,3-7,16H2,1-2H3. The summed E-state index contributed by atoms with van der Waals surface area (Å²) in [6, 6.07) is 11.2. The number of hydrogen-bond acceptors (Lipinski definition) is 4. The summed E-state index contributed by atoms with van der Waals surface area (Å²) in [7, 11) is 1.50. The summed E-state index contributed by atoms with van der Waals surface area (Å²) in [6.45, 7) is 2.00. The van der Waals surface area contributed by atoms with Crippen molar-refractivity contribution in [1.29, 1.82) is 0 Å². The molecule has 0 unspecified atom stereocenters. The van der Waals surface area contributed by atoms with Crippen molar-refractivity contribution in [2.24, 2.45) is 0 Å². The van der Waals surface area contributed by atoms with Crippen LogP contribution in [0.15, 0.2) is 48.5 Å². The van der Waals surface area contributed by atoms with Crippen LogP contribution in [0, 0.1) is 23.3 Å². The summed E-state index contributed by atoms with van der Waals surface area (Å²) in [5.74, 6) is -7.28. The molecule has 3 aromatic carbocycles. The first kappa shape index (κ1) is 26.1. The number of halogens is 4. The highest BCUT2D eigenvalue weighted by Crippen LogP contribution is 2.36. The molecule has 0 spiro atoms. The summed E-state index contributed by atoms with van der Waals surface area (Å²) >= 11 is 0. The van der Waals surface area contributed by atoms with Crippen molar-refractivity contribution in [1.82, 2.24) is 0 Å². The third kappa shape index (κ3) is 6.32. The molecular formula is C27H26F4O4. The number of carbonyl (C=O) groups is 1. The van der Waals surface area contributed by atoms with Gasteiger partial charge in [-0.05, 0) is 48.4 Å². The molecule has 3 aromatic rings. The highest BCUT2D eigenvalue weighted by molar-refractivity contribution is 5.91. The van der Waals surface area contributed by atoms with Crippen molar-refractivity contribution in [3.63, 3.8) is 0 Å². The number of hydrogen-bond donors (Lipinski definition) is 0. The van der Waals surface area contributed by atoms with E-state index in [9.17, 15) is 22.4 Å². The first-order chi connectivity index (χ1) is 16.9. The van der Waals surface area contributed by atoms with E-state index in [1.54, 1.807) is 12.1 Å². The minimum Gasteiger partial charge on any atom is -0.497 e. The molecule has 0 bridgehead atoms. The molecular weight excluding hydrogens is 464 g/mol. The van der Waals surface area contributed by atoms with Gasteiger partial charge in [0.1, 0.15) is 11.5 Å². The van der Waals surface area contributed by atoms with Gasteiger partial charge in [0, 0.05) is 0 Å². The van der Waals surface area contributed by atoms with Crippen LogP contribution in [0.1, 0.15) is 49.4 Å². The molecule has 0 saturated heterocycles. The van der Waals surface area contributed by atoms with Crippen molar-refractivity contribution < 1.29 is 36.6 Å². The van der Waals surface area contributed by atoms with E-state index in [0.29, 0.717) is 12.2 Å². The quantitative estimate of drug-likeness (QED) is 0.0919. The van der Waals surface area contributed by atoms with Crippen molar-refractivity contribution in [3.8, 4) is 28.4 Å². The van der Waals surface area contributed by atoms with Crippen molar-refractivity contribution in [3.05, 3.63) is 77.4 Å². The maximum absolute atomic E-state index is 14.7. The number of benzene rings is 3. The lowest BCUT2D eigenvalue weighted by Crippen LogP contribution is -2.09. The van der Waals surface area contributed by atoms with Gasteiger partial charge < -0.3 is 14.2 Å². The fourth-order valence-electron chi connectivity index (χ4n) is 3.45. The minimum atomic E-state index is -1.60. The zero-order valence-electron chi connectivity index (χ0n) is 19.5. The predicted molar refractivity (Wildman–Crippen MR) is 124 cm³/mol. The maximum atomic E-state index is 14.7. The number of ether oxygens (including phenoxy) is 3. The van der Waals surface area contributed by atoms with Gasteiger partial charge in [0.25, 0.3) is 0 Å². The monoisotopic (exact) mass is 490 g/mol. The number of esters is 1. The smallest absolute Gasteiger partial charge is 0.343 e. The zero-order chi connectivity index (χ0) is 25.4. The van der Waals surface area contributed by atoms with Crippen LogP contribution in [0.5, 0.6) is 17.2 Å². The molecule has 0 aliphatic rings. The first-order valence-corrected chi connectivity index (χ1v) is 11.3. The van der Waals surface area contributed by atoms with E-state index in [2.05, 4.69) is 6.92 Å². The lowest BCUT2D eigenvalue weighted by Gasteiger charge is -2.13. The lowest BCUT2D eigenvalue weighted by atomic mass is 10.0. The van der Waals surface area contributed by atoms with Gasteiger partial charge in [-0.1, -0.05) is 44.7 Å². The highest BCUT2D eigenvalue weighted by atomic mass is 19.2. The molecule has 0 fully saturated rings. The largest absolute Gasteiger partial charge is 0.497 e. The molecule has 0 aliphatic heterocycles. The SMILES string of the molecule is CCCCCCCOc1c(F)c(F)c(-c2ccc(C(=O)Oc3ccc(OC)cc3)cc2)c(F)c1F. The first-order valence-electron chi connectivity index (χ1n) is 11.3. The fraction of sp³-hybridized carbons (Fsp3) is 0.296. The fourth-order valence-corrected chi connectivity index (χ4v) is 3.45. The van der Waals surface area contributed by atoms with Crippen LogP contribution >= 0.6 is 0 Å². The second-order valence-corrected chi connectivity index (χ2v) is 7.87. The average molecular weight is 490 g/mol. The van der Waals surface area contributed by atoms with Crippen LogP contribution in [-0.2, 0) is 0 Å². The second-order valence-electron chi connectivity index (χ2n) is 7.87. The van der Waals surface area contributed by atoms with Gasteiger partial charge in [0.2, 0.25) is 11.6 Å². The lowest BCUT2D eigenvalue weighted by molar-refractivity contribution is 0.0734. The van der Waals surface area contributed by atoms with Crippen LogP contribution in [0.25, 0.3) is 11.1 Å². The topological polar surface area (TPSA) is 44.8 Å². The Morgan fingerprint density at radius 2 is 1.31 bits per heavy atom. The normalized spacial score (nSPS) is 10.8. The van der Waals surface area contributed by atoms with E-state index >= 15 is 0 Å². The van der Waals surface area contributed by atoms with Crippen LogP contribution in [0.2, 0.25) is 0 Å². The number of unbranched alkanes of at least 4 members (excludes halogenated alkanes) is 4. The van der Waals surface area contributed by atoms with Gasteiger partial charge >= 0.3 is 5.97 Å². The molecule has 8 heteroatoms. The van der Waals surface area contributed by atoms with Gasteiger partial charge in [-0.25, -0.2) is 13.6 Å². The van der Waals surface area contributed by atoms with Crippen molar-refractivity contribution in [2.45, 2.75) is 39.0 Å². The van der Waals surface area contributed by atoms with Crippen molar-refractivity contribution in [2.75, 3.05) is 13.7 Å². The Kier molecular flexibility index (Phi) is 9.11. The van der Waals surface area contributed by atoms with E-state index in [1.165, 1.54) is 43.5 Å². The van der Waals surface area contributed by atoms with Gasteiger partial charge in [-0.15, -0.1) is 0 Å². The Morgan fingerprint density at radius 1 is 0.743 bits per heavy atom. The zero-order valence-corrected chi connectivity index (χ0v) is 19.5. The van der Waals surface area contributed by atoms with E-state index < -0.39 is 40.6 Å². The molecule has 35 heavy (non-hydrogen) atoms. The van der Waals surface area contributed by atoms with Crippen LogP contribution < -0.4 is 14.2 Å². The van der Waals surface area contributed by atoms with Crippen LogP contribution in [-0.4, -0.2) is 19.7 Å². The van der Waals surface area contributed by atoms with Gasteiger partial charge in [-0.3, -0.25) is 0 Å². The second kappa shape index (κ2) is 12.2. The maximum Gasteiger partial charge on any atom is 0.343 e. The summed E-state index contributed by atoms with van der Waals surface area (Å²) in [4.78, 5) is 12.3. The molecule has 186 valence electrons. The van der Waals surface area contributed by atoms with E-state index in [1.807, 2.05) is 0 Å². The summed E-state index contributed by atoms with van der Waals surface area (Å²) in [5.41, 5.74) is -0.954. The molecule has 3 rings (SSSR count). The Labute approximate surface area is 201 Å². The molecule has 0 aliphatic carbocycles. The molecule has 0 radical (unpaired) electrons. The Hall–Kier alpha value is -3.55. The molecule has 0 heterocycles. The molecule has 0 N–H and O–H groups in total. The van der Waals surface area contributed by atoms with E-state index in [0.717, 1.165) is 25.7 Å². The third-order valence-electron chi connectivity index (χ3n) is 5.40. The van der Waals surface area contributed by atoms with Crippen molar-refractivity contribution >= 4 is 5.97 Å². The Bertz CT molecular complexity index is 1120. The third-order valence-corrected chi connectivity index (χ3v) is 5.40. The van der Waals surface area contributed by atoms with Gasteiger partial charge in [0.15, 0.2) is 17.4 Å². The predicted octanol–water partition coefficient (Wildman–Crippen LogP) is 7.49. The molecule has 0 aromatic heterocycles. The molecule has 0 atom stereocenters. The molecule has 4 nitrogen and oxygen atoms in total.